The van der Waals surface area contributed by atoms with Gasteiger partial charge in [0.2, 0.25) is 5.88 Å². The minimum atomic E-state index is -4.91. The van der Waals surface area contributed by atoms with Crippen molar-refractivity contribution in [2.45, 2.75) is 25.0 Å². The molecule has 112 valence electrons. The Bertz CT molecular complexity index is 541. The van der Waals surface area contributed by atoms with Crippen LogP contribution in [0.4, 0.5) is 13.2 Å². The minimum absolute atomic E-state index is 0.00687. The second-order valence-corrected chi connectivity index (χ2v) is 4.17. The number of H-pyrrole nitrogens is 1. The molecule has 1 rings (SSSR count). The molecule has 0 atom stereocenters. The molecular formula is C11H11BrF3NO4. The Hall–Kier alpha value is -1.51. The van der Waals surface area contributed by atoms with Crippen molar-refractivity contribution in [2.24, 2.45) is 0 Å². The second-order valence-electron chi connectivity index (χ2n) is 3.61. The summed E-state index contributed by atoms with van der Waals surface area (Å²) in [5.41, 5.74) is -0.940. The molecule has 0 saturated heterocycles. The predicted molar refractivity (Wildman–Crippen MR) is 66.7 cm³/mol. The molecule has 0 bridgehead atoms. The van der Waals surface area contributed by atoms with E-state index in [0.717, 1.165) is 6.20 Å². The molecule has 9 heteroatoms. The third-order valence-corrected chi connectivity index (χ3v) is 2.77. The molecule has 0 aliphatic carbocycles. The molecule has 0 unspecified atom stereocenters. The average molecular weight is 358 g/mol. The van der Waals surface area contributed by atoms with Crippen LogP contribution in [0.3, 0.4) is 0 Å². The lowest BCUT2D eigenvalue weighted by molar-refractivity contribution is -0.276. The summed E-state index contributed by atoms with van der Waals surface area (Å²) in [6.07, 6.45) is -4.23. The van der Waals surface area contributed by atoms with Crippen LogP contribution in [0.1, 0.15) is 18.1 Å². The van der Waals surface area contributed by atoms with Gasteiger partial charge in [0, 0.05) is 17.1 Å². The fourth-order valence-corrected chi connectivity index (χ4v) is 1.94. The highest BCUT2D eigenvalue weighted by atomic mass is 79.9. The zero-order valence-corrected chi connectivity index (χ0v) is 11.9. The van der Waals surface area contributed by atoms with Crippen LogP contribution < -0.4 is 10.2 Å². The number of rotatable bonds is 5. The lowest BCUT2D eigenvalue weighted by Gasteiger charge is -2.12. The molecule has 1 N–H and O–H groups in total. The molecule has 1 heterocycles. The first-order valence-electron chi connectivity index (χ1n) is 5.49. The highest BCUT2D eigenvalue weighted by molar-refractivity contribution is 9.08. The fraction of sp³-hybridized carbons (Fsp3) is 0.455. The lowest BCUT2D eigenvalue weighted by atomic mass is 10.1. The first kappa shape index (κ1) is 16.5. The number of aromatic amines is 1. The van der Waals surface area contributed by atoms with Crippen molar-refractivity contribution < 1.29 is 27.4 Å². The van der Waals surface area contributed by atoms with Gasteiger partial charge in [-0.05, 0) is 6.92 Å². The number of carbonyl (C=O) groups excluding carboxylic acids is 1. The summed E-state index contributed by atoms with van der Waals surface area (Å²) in [5, 5.41) is -0.148. The summed E-state index contributed by atoms with van der Waals surface area (Å²) < 4.78 is 44.9. The Morgan fingerprint density at radius 1 is 1.45 bits per heavy atom. The van der Waals surface area contributed by atoms with E-state index in [1.54, 1.807) is 6.92 Å². The zero-order chi connectivity index (χ0) is 15.3. The van der Waals surface area contributed by atoms with E-state index in [0.29, 0.717) is 0 Å². The van der Waals surface area contributed by atoms with E-state index in [9.17, 15) is 22.8 Å². The van der Waals surface area contributed by atoms with E-state index < -0.39 is 23.6 Å². The van der Waals surface area contributed by atoms with Crippen molar-refractivity contribution in [3.8, 4) is 5.88 Å². The van der Waals surface area contributed by atoms with E-state index in [1.165, 1.54) is 0 Å². The number of carbonyl (C=O) groups is 1. The smallest absolute Gasteiger partial charge is 0.466 e. The molecule has 0 radical (unpaired) electrons. The largest absolute Gasteiger partial charge is 0.574 e. The Morgan fingerprint density at radius 3 is 2.60 bits per heavy atom. The van der Waals surface area contributed by atoms with E-state index in [4.69, 9.17) is 0 Å². The van der Waals surface area contributed by atoms with Gasteiger partial charge >= 0.3 is 12.3 Å². The number of esters is 1. The molecule has 0 aliphatic heterocycles. The molecular weight excluding hydrogens is 347 g/mol. The molecule has 20 heavy (non-hydrogen) atoms. The number of hydrogen-bond donors (Lipinski definition) is 1. The average Bonchev–Trinajstić information content (AvgIpc) is 2.31. The SMILES string of the molecule is CCOC(=O)Cc1c[nH]c(OC(F)(F)F)c(CBr)c1=O. The van der Waals surface area contributed by atoms with Gasteiger partial charge in [0.15, 0.2) is 5.43 Å². The molecule has 0 aliphatic rings. The lowest BCUT2D eigenvalue weighted by Crippen LogP contribution is -2.24. The van der Waals surface area contributed by atoms with Gasteiger partial charge in [0.1, 0.15) is 0 Å². The van der Waals surface area contributed by atoms with Gasteiger partial charge in [-0.2, -0.15) is 0 Å². The molecule has 0 amide bonds. The molecule has 1 aromatic heterocycles. The molecule has 5 nitrogen and oxygen atoms in total. The summed E-state index contributed by atoms with van der Waals surface area (Å²) >= 11 is 2.91. The molecule has 0 saturated carbocycles. The summed E-state index contributed by atoms with van der Waals surface area (Å²) in [6, 6.07) is 0. The van der Waals surface area contributed by atoms with Gasteiger partial charge in [-0.1, -0.05) is 15.9 Å². The summed E-state index contributed by atoms with van der Waals surface area (Å²) in [7, 11) is 0. The number of hydrogen-bond acceptors (Lipinski definition) is 4. The van der Waals surface area contributed by atoms with Crippen LogP contribution in [0.5, 0.6) is 5.88 Å². The fourth-order valence-electron chi connectivity index (χ4n) is 1.43. The first-order valence-corrected chi connectivity index (χ1v) is 6.61. The van der Waals surface area contributed by atoms with E-state index in [1.807, 2.05) is 0 Å². The molecule has 1 aromatic rings. The Kier molecular flexibility index (Phi) is 5.61. The molecule has 0 spiro atoms. The van der Waals surface area contributed by atoms with Crippen molar-refractivity contribution in [1.82, 2.24) is 4.98 Å². The summed E-state index contributed by atoms with van der Waals surface area (Å²) in [6.45, 7) is 1.75. The maximum absolute atomic E-state index is 12.2. The van der Waals surface area contributed by atoms with Crippen LogP contribution in [0.25, 0.3) is 0 Å². The van der Waals surface area contributed by atoms with E-state index in [2.05, 4.69) is 30.4 Å². The van der Waals surface area contributed by atoms with Crippen LogP contribution in [-0.4, -0.2) is 23.9 Å². The first-order chi connectivity index (χ1) is 9.28. The Morgan fingerprint density at radius 2 is 2.10 bits per heavy atom. The van der Waals surface area contributed by atoms with Gasteiger partial charge in [-0.15, -0.1) is 13.2 Å². The zero-order valence-electron chi connectivity index (χ0n) is 10.3. The van der Waals surface area contributed by atoms with Crippen molar-refractivity contribution in [3.63, 3.8) is 0 Å². The second kappa shape index (κ2) is 6.78. The van der Waals surface area contributed by atoms with E-state index in [-0.39, 0.29) is 29.5 Å². The molecule has 0 fully saturated rings. The number of ether oxygens (including phenoxy) is 2. The third kappa shape index (κ3) is 4.55. The van der Waals surface area contributed by atoms with Crippen molar-refractivity contribution in [1.29, 1.82) is 0 Å². The van der Waals surface area contributed by atoms with Crippen molar-refractivity contribution in [3.05, 3.63) is 27.5 Å². The van der Waals surface area contributed by atoms with Gasteiger partial charge in [0.25, 0.3) is 0 Å². The van der Waals surface area contributed by atoms with Crippen molar-refractivity contribution >= 4 is 21.9 Å². The summed E-state index contributed by atoms with van der Waals surface area (Å²) in [4.78, 5) is 25.4. The normalized spacial score (nSPS) is 11.2. The van der Waals surface area contributed by atoms with Crippen LogP contribution in [0, 0.1) is 0 Å². The maximum Gasteiger partial charge on any atom is 0.574 e. The number of halogens is 4. The highest BCUT2D eigenvalue weighted by Gasteiger charge is 2.33. The topological polar surface area (TPSA) is 68.4 Å². The Balaban J connectivity index is 3.08. The van der Waals surface area contributed by atoms with Gasteiger partial charge < -0.3 is 14.5 Å². The van der Waals surface area contributed by atoms with Crippen LogP contribution in [0.15, 0.2) is 11.0 Å². The Labute approximate surface area is 120 Å². The monoisotopic (exact) mass is 357 g/mol. The van der Waals surface area contributed by atoms with Gasteiger partial charge in [0.05, 0.1) is 18.6 Å². The predicted octanol–water partition coefficient (Wildman–Crippen LogP) is 2.27. The van der Waals surface area contributed by atoms with Crippen LogP contribution in [-0.2, 0) is 21.3 Å². The highest BCUT2D eigenvalue weighted by Crippen LogP contribution is 2.24. The maximum atomic E-state index is 12.2. The standard InChI is InChI=1S/C11H11BrF3NO4/c1-2-19-8(17)3-6-5-16-10(20-11(13,14)15)7(4-12)9(6)18/h5H,2-4H2,1H3,(H,16,18). The van der Waals surface area contributed by atoms with E-state index >= 15 is 0 Å². The third-order valence-electron chi connectivity index (χ3n) is 2.21. The molecule has 0 aromatic carbocycles. The summed E-state index contributed by atoms with van der Waals surface area (Å²) in [5.74, 6) is -1.34. The van der Waals surface area contributed by atoms with Gasteiger partial charge in [-0.25, -0.2) is 0 Å². The quantitative estimate of drug-likeness (QED) is 0.648. The van der Waals surface area contributed by atoms with Crippen LogP contribution >= 0.6 is 15.9 Å². The number of aromatic nitrogens is 1. The van der Waals surface area contributed by atoms with Gasteiger partial charge in [-0.3, -0.25) is 9.59 Å². The van der Waals surface area contributed by atoms with Crippen molar-refractivity contribution in [2.75, 3.05) is 6.61 Å². The number of alkyl halides is 4. The number of pyridine rings is 1. The number of nitrogens with one attached hydrogen (secondary N) is 1. The van der Waals surface area contributed by atoms with Crippen LogP contribution in [0.2, 0.25) is 0 Å². The minimum Gasteiger partial charge on any atom is -0.466 e.